The lowest BCUT2D eigenvalue weighted by molar-refractivity contribution is 0.0472. The lowest BCUT2D eigenvalue weighted by Gasteiger charge is -2.44. The third-order valence-electron chi connectivity index (χ3n) is 5.25. The van der Waals surface area contributed by atoms with Crippen molar-refractivity contribution in [3.05, 3.63) is 29.6 Å². The van der Waals surface area contributed by atoms with Gasteiger partial charge in [0.1, 0.15) is 5.69 Å². The Morgan fingerprint density at radius 2 is 1.77 bits per heavy atom. The number of carboxylic acids is 1. The van der Waals surface area contributed by atoms with Gasteiger partial charge in [-0.15, -0.1) is 0 Å². The molecule has 2 fully saturated rings. The second-order valence-corrected chi connectivity index (χ2v) is 6.59. The lowest BCUT2D eigenvalue weighted by Crippen LogP contribution is -2.44. The fourth-order valence-electron chi connectivity index (χ4n) is 3.85. The maximum Gasteiger partial charge on any atom is 0.354 e. The van der Waals surface area contributed by atoms with E-state index in [-0.39, 0.29) is 11.6 Å². The van der Waals surface area contributed by atoms with Crippen molar-refractivity contribution in [2.45, 2.75) is 44.9 Å². The molecule has 0 atom stereocenters. The molecule has 5 nitrogen and oxygen atoms in total. The van der Waals surface area contributed by atoms with Crippen molar-refractivity contribution >= 4 is 11.9 Å². The fraction of sp³-hybridized carbons (Fsp3) is 0.588. The number of aromatic nitrogens is 1. The molecule has 1 spiro atoms. The first kappa shape index (κ1) is 15.0. The number of hydrogen-bond acceptors (Lipinski definition) is 3. The van der Waals surface area contributed by atoms with E-state index in [2.05, 4.69) is 4.98 Å². The van der Waals surface area contributed by atoms with Crippen LogP contribution in [0.15, 0.2) is 18.3 Å². The Labute approximate surface area is 130 Å². The van der Waals surface area contributed by atoms with Gasteiger partial charge in [0.05, 0.1) is 0 Å². The summed E-state index contributed by atoms with van der Waals surface area (Å²) < 4.78 is 0. The van der Waals surface area contributed by atoms with Crippen LogP contribution in [0.25, 0.3) is 0 Å². The van der Waals surface area contributed by atoms with Gasteiger partial charge in [-0.1, -0.05) is 19.3 Å². The van der Waals surface area contributed by atoms with E-state index in [1.807, 2.05) is 4.90 Å². The summed E-state index contributed by atoms with van der Waals surface area (Å²) in [6, 6.07) is 2.97. The molecule has 5 heteroatoms. The van der Waals surface area contributed by atoms with Crippen LogP contribution in [0.2, 0.25) is 0 Å². The largest absolute Gasteiger partial charge is 0.477 e. The van der Waals surface area contributed by atoms with Gasteiger partial charge >= 0.3 is 5.97 Å². The normalized spacial score (nSPS) is 20.8. The molecule has 22 heavy (non-hydrogen) atoms. The summed E-state index contributed by atoms with van der Waals surface area (Å²) in [6.45, 7) is 1.56. The molecular weight excluding hydrogens is 280 g/mol. The topological polar surface area (TPSA) is 70.5 Å². The van der Waals surface area contributed by atoms with Gasteiger partial charge in [-0.05, 0) is 43.2 Å². The number of piperidine rings is 1. The summed E-state index contributed by atoms with van der Waals surface area (Å²) in [5.74, 6) is -1.18. The number of amides is 1. The van der Waals surface area contributed by atoms with E-state index < -0.39 is 5.97 Å². The second kappa shape index (κ2) is 6.07. The zero-order chi connectivity index (χ0) is 15.6. The Bertz CT molecular complexity index is 569. The SMILES string of the molecule is O=C(O)c1cc(C(=O)N2CCC3(CCCCC3)CC2)ccn1. The molecule has 1 aromatic rings. The highest BCUT2D eigenvalue weighted by molar-refractivity contribution is 5.96. The van der Waals surface area contributed by atoms with Gasteiger partial charge in [0.15, 0.2) is 0 Å². The van der Waals surface area contributed by atoms with Crippen LogP contribution in [0.3, 0.4) is 0 Å². The number of hydrogen-bond donors (Lipinski definition) is 1. The Kier molecular flexibility index (Phi) is 4.14. The molecule has 1 aromatic heterocycles. The minimum absolute atomic E-state index is 0.0736. The molecule has 1 amide bonds. The van der Waals surface area contributed by atoms with Crippen LogP contribution in [0.5, 0.6) is 0 Å². The summed E-state index contributed by atoms with van der Waals surface area (Å²) in [6.07, 6.45) is 10.1. The van der Waals surface area contributed by atoms with Crippen molar-refractivity contribution in [3.63, 3.8) is 0 Å². The average molecular weight is 302 g/mol. The van der Waals surface area contributed by atoms with Crippen LogP contribution >= 0.6 is 0 Å². The van der Waals surface area contributed by atoms with Gasteiger partial charge in [0, 0.05) is 24.8 Å². The summed E-state index contributed by atoms with van der Waals surface area (Å²) in [5.41, 5.74) is 0.804. The van der Waals surface area contributed by atoms with Crippen molar-refractivity contribution in [2.24, 2.45) is 5.41 Å². The molecule has 0 bridgehead atoms. The number of likely N-dealkylation sites (tertiary alicyclic amines) is 1. The van der Waals surface area contributed by atoms with Gasteiger partial charge in [-0.3, -0.25) is 4.79 Å². The second-order valence-electron chi connectivity index (χ2n) is 6.59. The minimum Gasteiger partial charge on any atom is -0.477 e. The van der Waals surface area contributed by atoms with Gasteiger partial charge in [0.2, 0.25) is 0 Å². The predicted molar refractivity (Wildman–Crippen MR) is 81.9 cm³/mol. The Morgan fingerprint density at radius 3 is 2.41 bits per heavy atom. The van der Waals surface area contributed by atoms with E-state index >= 15 is 0 Å². The molecule has 2 heterocycles. The number of aromatic carboxylic acids is 1. The monoisotopic (exact) mass is 302 g/mol. The first-order valence-electron chi connectivity index (χ1n) is 8.08. The molecule has 1 N–H and O–H groups in total. The molecule has 2 aliphatic rings. The van der Waals surface area contributed by atoms with Gasteiger partial charge in [-0.2, -0.15) is 0 Å². The lowest BCUT2D eigenvalue weighted by atomic mass is 9.68. The fourth-order valence-corrected chi connectivity index (χ4v) is 3.85. The summed E-state index contributed by atoms with van der Waals surface area (Å²) >= 11 is 0. The zero-order valence-electron chi connectivity index (χ0n) is 12.8. The van der Waals surface area contributed by atoms with Crippen molar-refractivity contribution in [3.8, 4) is 0 Å². The maximum atomic E-state index is 12.6. The van der Waals surface area contributed by atoms with E-state index in [1.54, 1.807) is 6.07 Å². The number of carboxylic acid groups (broad SMARTS) is 1. The standard InChI is InChI=1S/C17H22N2O3/c20-15(13-4-9-18-14(12-13)16(21)22)19-10-7-17(8-11-19)5-2-1-3-6-17/h4,9,12H,1-3,5-8,10-11H2,(H,21,22). The van der Waals surface area contributed by atoms with Gasteiger partial charge in [0.25, 0.3) is 5.91 Å². The molecule has 1 saturated heterocycles. The van der Waals surface area contributed by atoms with E-state index in [0.717, 1.165) is 25.9 Å². The highest BCUT2D eigenvalue weighted by Gasteiger charge is 2.36. The number of rotatable bonds is 2. The first-order chi connectivity index (χ1) is 10.6. The van der Waals surface area contributed by atoms with E-state index in [4.69, 9.17) is 5.11 Å². The molecule has 1 aliphatic heterocycles. The molecular formula is C17H22N2O3. The zero-order valence-corrected chi connectivity index (χ0v) is 12.8. The van der Waals surface area contributed by atoms with E-state index in [1.165, 1.54) is 44.4 Å². The van der Waals surface area contributed by atoms with Crippen molar-refractivity contribution in [1.82, 2.24) is 9.88 Å². The molecule has 0 aromatic carbocycles. The van der Waals surface area contributed by atoms with Crippen LogP contribution in [-0.4, -0.2) is 40.0 Å². The van der Waals surface area contributed by atoms with Crippen LogP contribution in [0.4, 0.5) is 0 Å². The minimum atomic E-state index is -1.10. The van der Waals surface area contributed by atoms with E-state index in [0.29, 0.717) is 11.0 Å². The number of carbonyl (C=O) groups excluding carboxylic acids is 1. The maximum absolute atomic E-state index is 12.6. The smallest absolute Gasteiger partial charge is 0.354 e. The van der Waals surface area contributed by atoms with Crippen LogP contribution in [-0.2, 0) is 0 Å². The number of carbonyl (C=O) groups is 2. The highest BCUT2D eigenvalue weighted by Crippen LogP contribution is 2.44. The molecule has 0 unspecified atom stereocenters. The Morgan fingerprint density at radius 1 is 1.09 bits per heavy atom. The molecule has 3 rings (SSSR count). The molecule has 1 saturated carbocycles. The van der Waals surface area contributed by atoms with Crippen LogP contribution in [0, 0.1) is 5.41 Å². The third kappa shape index (κ3) is 2.98. The van der Waals surface area contributed by atoms with Gasteiger partial charge in [-0.25, -0.2) is 9.78 Å². The highest BCUT2D eigenvalue weighted by atomic mass is 16.4. The van der Waals surface area contributed by atoms with E-state index in [9.17, 15) is 9.59 Å². The Hall–Kier alpha value is -1.91. The van der Waals surface area contributed by atoms with Crippen LogP contribution < -0.4 is 0 Å². The quantitative estimate of drug-likeness (QED) is 0.911. The predicted octanol–water partition coefficient (Wildman–Crippen LogP) is 2.97. The summed E-state index contributed by atoms with van der Waals surface area (Å²) in [7, 11) is 0. The van der Waals surface area contributed by atoms with Crippen molar-refractivity contribution < 1.29 is 14.7 Å². The summed E-state index contributed by atoms with van der Waals surface area (Å²) in [4.78, 5) is 29.1. The van der Waals surface area contributed by atoms with Crippen LogP contribution in [0.1, 0.15) is 65.8 Å². The molecule has 1 aliphatic carbocycles. The van der Waals surface area contributed by atoms with Crippen molar-refractivity contribution in [1.29, 1.82) is 0 Å². The summed E-state index contributed by atoms with van der Waals surface area (Å²) in [5, 5.41) is 8.98. The number of pyridine rings is 1. The number of nitrogens with zero attached hydrogens (tertiary/aromatic N) is 2. The third-order valence-corrected chi connectivity index (χ3v) is 5.25. The van der Waals surface area contributed by atoms with Gasteiger partial charge < -0.3 is 10.0 Å². The first-order valence-corrected chi connectivity index (χ1v) is 8.08. The molecule has 118 valence electrons. The van der Waals surface area contributed by atoms with Crippen molar-refractivity contribution in [2.75, 3.05) is 13.1 Å². The average Bonchev–Trinajstić information content (AvgIpc) is 2.56. The molecule has 0 radical (unpaired) electrons. The Balaban J connectivity index is 1.67.